The molecule has 8 heteroatoms. The van der Waals surface area contributed by atoms with Gasteiger partial charge >= 0.3 is 5.97 Å². The largest absolute Gasteiger partial charge is 0.465 e. The van der Waals surface area contributed by atoms with E-state index < -0.39 is 5.97 Å². The molecular weight excluding hydrogens is 430 g/mol. The topological polar surface area (TPSA) is 119 Å². The Morgan fingerprint density at radius 2 is 1.76 bits per heavy atom. The van der Waals surface area contributed by atoms with Gasteiger partial charge in [0, 0.05) is 11.1 Å². The van der Waals surface area contributed by atoms with Crippen molar-refractivity contribution in [2.45, 2.75) is 6.92 Å². The first-order valence-corrected chi connectivity index (χ1v) is 10.5. The molecule has 2 aromatic carbocycles. The molecule has 0 unspecified atom stereocenters. The number of amides is 1. The summed E-state index contributed by atoms with van der Waals surface area (Å²) in [5, 5.41) is 5.92. The van der Waals surface area contributed by atoms with E-state index in [2.05, 4.69) is 20.6 Å². The fourth-order valence-electron chi connectivity index (χ4n) is 3.35. The van der Waals surface area contributed by atoms with Gasteiger partial charge in [-0.25, -0.2) is 14.8 Å². The van der Waals surface area contributed by atoms with Crippen LogP contribution in [0.3, 0.4) is 0 Å². The van der Waals surface area contributed by atoms with Gasteiger partial charge in [0.15, 0.2) is 5.82 Å². The second kappa shape index (κ2) is 9.83. The number of hydrogen-bond acceptors (Lipinski definition) is 7. The number of nitrogens with zero attached hydrogens (tertiary/aromatic N) is 2. The molecule has 0 fully saturated rings. The highest BCUT2D eigenvalue weighted by Gasteiger charge is 2.13. The van der Waals surface area contributed by atoms with Gasteiger partial charge in [-0.3, -0.25) is 4.79 Å². The van der Waals surface area contributed by atoms with E-state index in [1.165, 1.54) is 7.11 Å². The van der Waals surface area contributed by atoms with E-state index in [1.807, 2.05) is 36.4 Å². The first kappa shape index (κ1) is 22.5. The Morgan fingerprint density at radius 1 is 0.971 bits per heavy atom. The summed E-state index contributed by atoms with van der Waals surface area (Å²) in [7, 11) is 1.32. The second-order valence-corrected chi connectivity index (χ2v) is 7.53. The maximum Gasteiger partial charge on any atom is 0.338 e. The Bertz CT molecular complexity index is 1340. The molecule has 0 spiro atoms. The van der Waals surface area contributed by atoms with Crippen LogP contribution in [-0.4, -0.2) is 29.0 Å². The first-order chi connectivity index (χ1) is 16.4. The van der Waals surface area contributed by atoms with E-state index in [9.17, 15) is 9.59 Å². The van der Waals surface area contributed by atoms with Crippen LogP contribution in [0, 0.1) is 6.92 Å². The fraction of sp³-hybridized carbons (Fsp3) is 0.0769. The molecule has 0 aliphatic rings. The van der Waals surface area contributed by atoms with Crippen LogP contribution in [0.5, 0.6) is 0 Å². The number of nitrogens with one attached hydrogen (secondary N) is 2. The zero-order chi connectivity index (χ0) is 24.1. The number of methoxy groups -OCH3 is 1. The minimum absolute atomic E-state index is 0.339. The molecule has 0 atom stereocenters. The van der Waals surface area contributed by atoms with Crippen LogP contribution in [0.4, 0.5) is 23.0 Å². The van der Waals surface area contributed by atoms with Crippen LogP contribution < -0.4 is 16.4 Å². The van der Waals surface area contributed by atoms with Crippen molar-refractivity contribution in [3.8, 4) is 11.3 Å². The summed E-state index contributed by atoms with van der Waals surface area (Å²) in [6.07, 6.45) is 1.58. The highest BCUT2D eigenvalue weighted by Crippen LogP contribution is 2.26. The minimum atomic E-state index is -0.446. The smallest absolute Gasteiger partial charge is 0.338 e. The van der Waals surface area contributed by atoms with Crippen molar-refractivity contribution >= 4 is 34.9 Å². The Kier molecular flexibility index (Phi) is 6.49. The normalized spacial score (nSPS) is 10.4. The number of esters is 1. The van der Waals surface area contributed by atoms with Crippen molar-refractivity contribution in [3.05, 3.63) is 95.7 Å². The summed E-state index contributed by atoms with van der Waals surface area (Å²) < 4.78 is 4.74. The summed E-state index contributed by atoms with van der Waals surface area (Å²) in [5.41, 5.74) is 10.5. The van der Waals surface area contributed by atoms with Gasteiger partial charge in [-0.15, -0.1) is 0 Å². The van der Waals surface area contributed by atoms with Crippen molar-refractivity contribution in [2.24, 2.45) is 0 Å². The van der Waals surface area contributed by atoms with E-state index in [4.69, 9.17) is 10.5 Å². The van der Waals surface area contributed by atoms with Gasteiger partial charge in [-0.1, -0.05) is 30.3 Å². The van der Waals surface area contributed by atoms with Crippen molar-refractivity contribution in [1.82, 2.24) is 9.97 Å². The van der Waals surface area contributed by atoms with Gasteiger partial charge in [0.2, 0.25) is 0 Å². The number of nitrogen functional groups attached to an aromatic ring is 1. The predicted octanol–water partition coefficient (Wildman–Crippen LogP) is 4.82. The number of benzene rings is 2. The van der Waals surface area contributed by atoms with Gasteiger partial charge in [0.1, 0.15) is 5.82 Å². The lowest BCUT2D eigenvalue weighted by Gasteiger charge is -2.11. The van der Waals surface area contributed by atoms with Gasteiger partial charge in [0.25, 0.3) is 5.91 Å². The van der Waals surface area contributed by atoms with Crippen LogP contribution >= 0.6 is 0 Å². The maximum absolute atomic E-state index is 12.6. The Labute approximate surface area is 196 Å². The number of hydrogen-bond donors (Lipinski definition) is 3. The van der Waals surface area contributed by atoms with E-state index in [-0.39, 0.29) is 5.91 Å². The van der Waals surface area contributed by atoms with Crippen LogP contribution in [-0.2, 0) is 4.74 Å². The maximum atomic E-state index is 12.6. The van der Waals surface area contributed by atoms with Gasteiger partial charge in [-0.2, -0.15) is 0 Å². The summed E-state index contributed by atoms with van der Waals surface area (Å²) >= 11 is 0. The quantitative estimate of drug-likeness (QED) is 0.358. The van der Waals surface area contributed by atoms with Gasteiger partial charge < -0.3 is 21.1 Å². The van der Waals surface area contributed by atoms with Crippen molar-refractivity contribution in [2.75, 3.05) is 23.5 Å². The Hall–Kier alpha value is -4.72. The third-order valence-corrected chi connectivity index (χ3v) is 5.16. The molecule has 0 aliphatic carbocycles. The lowest BCUT2D eigenvalue weighted by Crippen LogP contribution is -2.14. The molecule has 34 heavy (non-hydrogen) atoms. The molecule has 0 saturated heterocycles. The fourth-order valence-corrected chi connectivity index (χ4v) is 3.35. The number of pyridine rings is 2. The minimum Gasteiger partial charge on any atom is -0.465 e. The number of carbonyl (C=O) groups is 2. The van der Waals surface area contributed by atoms with Crippen molar-refractivity contribution in [3.63, 3.8) is 0 Å². The lowest BCUT2D eigenvalue weighted by atomic mass is 10.0. The standard InChI is InChI=1S/C26H23N5O3/c1-16-14-18(8-10-20(16)26(33)34-2)25(32)31-23-13-9-19(15-28-23)29-24-21(27)11-12-22(30-24)17-6-4-3-5-7-17/h3-15H,27H2,1-2H3,(H,29,30)(H,28,31,32). The molecule has 0 radical (unpaired) electrons. The van der Waals surface area contributed by atoms with Crippen LogP contribution in [0.15, 0.2) is 79.0 Å². The highest BCUT2D eigenvalue weighted by atomic mass is 16.5. The zero-order valence-corrected chi connectivity index (χ0v) is 18.7. The molecule has 0 saturated carbocycles. The van der Waals surface area contributed by atoms with Gasteiger partial charge in [-0.05, 0) is 55.0 Å². The Balaban J connectivity index is 1.45. The molecule has 4 rings (SSSR count). The number of anilines is 4. The molecule has 2 aromatic heterocycles. The van der Waals surface area contributed by atoms with E-state index in [0.29, 0.717) is 39.7 Å². The molecule has 0 bridgehead atoms. The molecular formula is C26H23N5O3. The average molecular weight is 454 g/mol. The van der Waals surface area contributed by atoms with E-state index in [0.717, 1.165) is 11.3 Å². The number of rotatable bonds is 6. The van der Waals surface area contributed by atoms with E-state index in [1.54, 1.807) is 49.5 Å². The van der Waals surface area contributed by atoms with Crippen LogP contribution in [0.25, 0.3) is 11.3 Å². The SMILES string of the molecule is COC(=O)c1ccc(C(=O)Nc2ccc(Nc3nc(-c4ccccc4)ccc3N)cn2)cc1C. The van der Waals surface area contributed by atoms with Crippen molar-refractivity contribution in [1.29, 1.82) is 0 Å². The zero-order valence-electron chi connectivity index (χ0n) is 18.7. The number of ether oxygens (including phenoxy) is 1. The van der Waals surface area contributed by atoms with Crippen LogP contribution in [0.2, 0.25) is 0 Å². The number of carbonyl (C=O) groups excluding carboxylic acids is 2. The monoisotopic (exact) mass is 453 g/mol. The van der Waals surface area contributed by atoms with Crippen LogP contribution in [0.1, 0.15) is 26.3 Å². The number of aromatic nitrogens is 2. The molecule has 170 valence electrons. The number of aryl methyl sites for hydroxylation is 1. The average Bonchev–Trinajstić information content (AvgIpc) is 2.86. The third-order valence-electron chi connectivity index (χ3n) is 5.16. The lowest BCUT2D eigenvalue weighted by molar-refractivity contribution is 0.0599. The van der Waals surface area contributed by atoms with Crippen molar-refractivity contribution < 1.29 is 14.3 Å². The second-order valence-electron chi connectivity index (χ2n) is 7.53. The summed E-state index contributed by atoms with van der Waals surface area (Å²) in [5.74, 6) is 0.109. The third kappa shape index (κ3) is 5.02. The summed E-state index contributed by atoms with van der Waals surface area (Å²) in [6, 6.07) is 21.7. The molecule has 2 heterocycles. The summed E-state index contributed by atoms with van der Waals surface area (Å²) in [4.78, 5) is 33.2. The van der Waals surface area contributed by atoms with Gasteiger partial charge in [0.05, 0.1) is 35.9 Å². The molecule has 8 nitrogen and oxygen atoms in total. The first-order valence-electron chi connectivity index (χ1n) is 10.5. The number of nitrogens with two attached hydrogens (primary N) is 1. The molecule has 4 N–H and O–H groups in total. The molecule has 1 amide bonds. The molecule has 0 aliphatic heterocycles. The highest BCUT2D eigenvalue weighted by molar-refractivity contribution is 6.04. The summed E-state index contributed by atoms with van der Waals surface area (Å²) in [6.45, 7) is 1.74. The molecule has 4 aromatic rings. The predicted molar refractivity (Wildman–Crippen MR) is 132 cm³/mol. The Morgan fingerprint density at radius 3 is 2.44 bits per heavy atom. The van der Waals surface area contributed by atoms with E-state index >= 15 is 0 Å².